The number of hydrogen-bond acceptors (Lipinski definition) is 5. The Morgan fingerprint density at radius 3 is 2.70 bits per heavy atom. The second-order valence-electron chi connectivity index (χ2n) is 4.25. The van der Waals surface area contributed by atoms with Crippen LogP contribution < -0.4 is 11.1 Å². The third-order valence-corrected chi connectivity index (χ3v) is 4.76. The van der Waals surface area contributed by atoms with E-state index in [4.69, 9.17) is 10.8 Å². The lowest BCUT2D eigenvalue weighted by Gasteiger charge is -2.26. The van der Waals surface area contributed by atoms with Gasteiger partial charge in [-0.05, 0) is 18.2 Å². The molecule has 8 nitrogen and oxygen atoms in total. The number of carbonyl (C=O) groups is 2. The van der Waals surface area contributed by atoms with E-state index in [2.05, 4.69) is 5.32 Å². The summed E-state index contributed by atoms with van der Waals surface area (Å²) in [6, 6.07) is 3.53. The molecule has 2 rings (SSSR count). The van der Waals surface area contributed by atoms with Crippen LogP contribution >= 0.6 is 0 Å². The molecule has 1 aromatic carbocycles. The molecule has 1 aromatic rings. The number of carboxylic acids is 1. The molecular formula is C11H13N3O5S. The number of nitrogens with zero attached hydrogens (tertiary/aromatic N) is 1. The van der Waals surface area contributed by atoms with E-state index < -0.39 is 27.5 Å². The first-order chi connectivity index (χ1) is 9.32. The van der Waals surface area contributed by atoms with Gasteiger partial charge in [0.05, 0.1) is 17.0 Å². The Kier molecular flexibility index (Phi) is 3.64. The fraction of sp³-hybridized carbons (Fsp3) is 0.273. The number of nitrogens with one attached hydrogen (secondary N) is 1. The largest absolute Gasteiger partial charge is 0.478 e. The lowest BCUT2D eigenvalue weighted by molar-refractivity contribution is -0.122. The number of nitrogens with two attached hydrogens (primary N) is 1. The van der Waals surface area contributed by atoms with Crippen LogP contribution in [0.2, 0.25) is 0 Å². The van der Waals surface area contributed by atoms with Crippen molar-refractivity contribution in [3.05, 3.63) is 23.8 Å². The minimum Gasteiger partial charge on any atom is -0.478 e. The molecule has 0 spiro atoms. The summed E-state index contributed by atoms with van der Waals surface area (Å²) in [6.07, 6.45) is 0. The molecule has 0 atom stereocenters. The van der Waals surface area contributed by atoms with Crippen LogP contribution in [0.4, 0.5) is 5.69 Å². The van der Waals surface area contributed by atoms with Crippen molar-refractivity contribution in [3.8, 4) is 0 Å². The minimum absolute atomic E-state index is 0.0948. The lowest BCUT2D eigenvalue weighted by Crippen LogP contribution is -2.50. The zero-order valence-corrected chi connectivity index (χ0v) is 11.2. The summed E-state index contributed by atoms with van der Waals surface area (Å²) < 4.78 is 25.8. The quantitative estimate of drug-likeness (QED) is 0.619. The van der Waals surface area contributed by atoms with Crippen LogP contribution in [0.1, 0.15) is 10.4 Å². The normalized spacial score (nSPS) is 16.7. The molecule has 9 heteroatoms. The van der Waals surface area contributed by atoms with Crippen molar-refractivity contribution in [1.29, 1.82) is 0 Å². The van der Waals surface area contributed by atoms with Crippen molar-refractivity contribution in [2.24, 2.45) is 0 Å². The summed E-state index contributed by atoms with van der Waals surface area (Å²) >= 11 is 0. The summed E-state index contributed by atoms with van der Waals surface area (Å²) in [6.45, 7) is -0.0429. The van der Waals surface area contributed by atoms with Gasteiger partial charge in [0.1, 0.15) is 0 Å². The van der Waals surface area contributed by atoms with E-state index in [0.717, 1.165) is 16.4 Å². The Bertz CT molecular complexity index is 671. The number of sulfonamides is 1. The van der Waals surface area contributed by atoms with Crippen molar-refractivity contribution in [2.75, 3.05) is 25.4 Å². The predicted octanol–water partition coefficient (Wildman–Crippen LogP) is -0.912. The van der Waals surface area contributed by atoms with Crippen LogP contribution in [-0.4, -0.2) is 49.3 Å². The molecule has 1 saturated heterocycles. The number of aromatic carboxylic acids is 1. The number of hydrogen-bond donors (Lipinski definition) is 3. The van der Waals surface area contributed by atoms with E-state index in [0.29, 0.717) is 0 Å². The second-order valence-corrected chi connectivity index (χ2v) is 6.16. The van der Waals surface area contributed by atoms with Gasteiger partial charge in [0.15, 0.2) is 0 Å². The van der Waals surface area contributed by atoms with Gasteiger partial charge in [0.2, 0.25) is 15.9 Å². The molecular weight excluding hydrogens is 286 g/mol. The summed E-state index contributed by atoms with van der Waals surface area (Å²) in [5.74, 6) is -1.82. The highest BCUT2D eigenvalue weighted by atomic mass is 32.2. The van der Waals surface area contributed by atoms with Crippen LogP contribution in [0, 0.1) is 0 Å². The number of benzene rings is 1. The summed E-state index contributed by atoms with van der Waals surface area (Å²) in [4.78, 5) is 22.1. The summed E-state index contributed by atoms with van der Waals surface area (Å²) in [5.41, 5.74) is 5.22. The Hall–Kier alpha value is -2.13. The number of piperazine rings is 1. The number of carbonyl (C=O) groups excluding carboxylic acids is 1. The molecule has 0 saturated carbocycles. The van der Waals surface area contributed by atoms with Gasteiger partial charge in [-0.3, -0.25) is 4.79 Å². The highest BCUT2D eigenvalue weighted by Crippen LogP contribution is 2.23. The topological polar surface area (TPSA) is 130 Å². The SMILES string of the molecule is Nc1ccc(S(=O)(=O)N2CCNC(=O)C2)c(C(=O)O)c1. The molecule has 0 bridgehead atoms. The Morgan fingerprint density at radius 1 is 1.40 bits per heavy atom. The first kappa shape index (κ1) is 14.3. The maximum atomic E-state index is 12.4. The molecule has 0 unspecified atom stereocenters. The van der Waals surface area contributed by atoms with Gasteiger partial charge in [-0.25, -0.2) is 13.2 Å². The molecule has 0 radical (unpaired) electrons. The van der Waals surface area contributed by atoms with Gasteiger partial charge in [-0.2, -0.15) is 4.31 Å². The fourth-order valence-corrected chi connectivity index (χ4v) is 3.46. The molecule has 0 aromatic heterocycles. The van der Waals surface area contributed by atoms with Crippen LogP contribution in [0.3, 0.4) is 0 Å². The zero-order chi connectivity index (χ0) is 14.9. The van der Waals surface area contributed by atoms with Crippen LogP contribution in [-0.2, 0) is 14.8 Å². The Balaban J connectivity index is 2.49. The van der Waals surface area contributed by atoms with Gasteiger partial charge in [0.25, 0.3) is 0 Å². The lowest BCUT2D eigenvalue weighted by atomic mass is 10.2. The number of carboxylic acid groups (broad SMARTS) is 1. The van der Waals surface area contributed by atoms with E-state index in [1.165, 1.54) is 6.07 Å². The highest BCUT2D eigenvalue weighted by molar-refractivity contribution is 7.89. The van der Waals surface area contributed by atoms with E-state index in [-0.39, 0.29) is 30.2 Å². The molecule has 1 aliphatic rings. The van der Waals surface area contributed by atoms with Gasteiger partial charge >= 0.3 is 5.97 Å². The van der Waals surface area contributed by atoms with Crippen molar-refractivity contribution in [2.45, 2.75) is 4.90 Å². The molecule has 1 aliphatic heterocycles. The second kappa shape index (κ2) is 5.10. The van der Waals surface area contributed by atoms with Crippen molar-refractivity contribution < 1.29 is 23.1 Å². The maximum absolute atomic E-state index is 12.4. The molecule has 1 fully saturated rings. The summed E-state index contributed by atoms with van der Waals surface area (Å²) in [5, 5.41) is 11.6. The number of nitrogen functional groups attached to an aromatic ring is 1. The predicted molar refractivity (Wildman–Crippen MR) is 69.6 cm³/mol. The van der Waals surface area contributed by atoms with Gasteiger partial charge in [-0.1, -0.05) is 0 Å². The smallest absolute Gasteiger partial charge is 0.337 e. The molecule has 1 amide bonds. The molecule has 4 N–H and O–H groups in total. The van der Waals surface area contributed by atoms with Crippen LogP contribution in [0.15, 0.2) is 23.1 Å². The number of anilines is 1. The van der Waals surface area contributed by atoms with E-state index in [1.807, 2.05) is 0 Å². The van der Waals surface area contributed by atoms with Crippen molar-refractivity contribution >= 4 is 27.6 Å². The van der Waals surface area contributed by atoms with Crippen molar-refractivity contribution in [1.82, 2.24) is 9.62 Å². The average molecular weight is 299 g/mol. The van der Waals surface area contributed by atoms with Gasteiger partial charge in [0, 0.05) is 18.8 Å². The number of amides is 1. The Morgan fingerprint density at radius 2 is 2.10 bits per heavy atom. The standard InChI is InChI=1S/C11H13N3O5S/c12-7-1-2-9(8(5-7)11(16)17)20(18,19)14-4-3-13-10(15)6-14/h1-2,5H,3-4,6,12H2,(H,13,15)(H,16,17). The number of rotatable bonds is 3. The van der Waals surface area contributed by atoms with E-state index in [1.54, 1.807) is 0 Å². The Labute approximate surface area is 115 Å². The maximum Gasteiger partial charge on any atom is 0.337 e. The third kappa shape index (κ3) is 2.58. The van der Waals surface area contributed by atoms with E-state index in [9.17, 15) is 18.0 Å². The monoisotopic (exact) mass is 299 g/mol. The zero-order valence-electron chi connectivity index (χ0n) is 10.4. The molecule has 108 valence electrons. The molecule has 0 aliphatic carbocycles. The van der Waals surface area contributed by atoms with Crippen LogP contribution in [0.5, 0.6) is 0 Å². The molecule has 20 heavy (non-hydrogen) atoms. The van der Waals surface area contributed by atoms with Crippen LogP contribution in [0.25, 0.3) is 0 Å². The molecule has 1 heterocycles. The minimum atomic E-state index is -4.05. The first-order valence-corrected chi connectivity index (χ1v) is 7.16. The fourth-order valence-electron chi connectivity index (χ4n) is 1.90. The summed E-state index contributed by atoms with van der Waals surface area (Å²) in [7, 11) is -4.05. The van der Waals surface area contributed by atoms with Crippen molar-refractivity contribution in [3.63, 3.8) is 0 Å². The highest BCUT2D eigenvalue weighted by Gasteiger charge is 2.32. The van der Waals surface area contributed by atoms with E-state index >= 15 is 0 Å². The third-order valence-electron chi connectivity index (χ3n) is 2.86. The van der Waals surface area contributed by atoms with Gasteiger partial charge < -0.3 is 16.2 Å². The average Bonchev–Trinajstić information content (AvgIpc) is 2.38. The first-order valence-electron chi connectivity index (χ1n) is 5.72. The van der Waals surface area contributed by atoms with Gasteiger partial charge in [-0.15, -0.1) is 0 Å².